The molecule has 0 aliphatic rings. The molecule has 0 atom stereocenters. The van der Waals surface area contributed by atoms with E-state index in [0.29, 0.717) is 18.1 Å². The van der Waals surface area contributed by atoms with Gasteiger partial charge in [0.05, 0.1) is 11.9 Å². The Hall–Kier alpha value is -2.22. The highest BCUT2D eigenvalue weighted by Gasteiger charge is 2.07. The molecule has 0 aromatic carbocycles. The molecular weight excluding hydrogens is 234 g/mol. The van der Waals surface area contributed by atoms with Crippen molar-refractivity contribution >= 4 is 11.7 Å². The van der Waals surface area contributed by atoms with Crippen LogP contribution in [0.1, 0.15) is 18.3 Å². The highest BCUT2D eigenvalue weighted by molar-refractivity contribution is 5.89. The van der Waals surface area contributed by atoms with Gasteiger partial charge >= 0.3 is 0 Å². The third-order valence-corrected chi connectivity index (χ3v) is 2.38. The summed E-state index contributed by atoms with van der Waals surface area (Å²) in [6.07, 6.45) is 2.48. The molecule has 2 aromatic heterocycles. The summed E-state index contributed by atoms with van der Waals surface area (Å²) < 4.78 is 1.44. The van der Waals surface area contributed by atoms with E-state index in [1.165, 1.54) is 4.68 Å². The van der Waals surface area contributed by atoms with E-state index in [4.69, 9.17) is 5.73 Å². The van der Waals surface area contributed by atoms with E-state index in [-0.39, 0.29) is 12.5 Å². The Bertz CT molecular complexity index is 484. The minimum Gasteiger partial charge on any atom is -0.325 e. The van der Waals surface area contributed by atoms with Gasteiger partial charge in [0, 0.05) is 18.3 Å². The first-order valence-corrected chi connectivity index (χ1v) is 5.64. The van der Waals surface area contributed by atoms with Gasteiger partial charge in [0.2, 0.25) is 5.91 Å². The van der Waals surface area contributed by atoms with Gasteiger partial charge in [-0.1, -0.05) is 12.1 Å². The number of aryl methyl sites for hydroxylation is 1. The molecule has 2 aromatic rings. The molecular formula is C10H15N7O. The molecule has 0 unspecified atom stereocenters. The fraction of sp³-hybridized carbons (Fsp3) is 0.400. The lowest BCUT2D eigenvalue weighted by Crippen LogP contribution is -2.19. The van der Waals surface area contributed by atoms with Crippen LogP contribution in [0.5, 0.6) is 0 Å². The fourth-order valence-corrected chi connectivity index (χ4v) is 1.45. The third kappa shape index (κ3) is 2.92. The molecule has 0 aliphatic heterocycles. The van der Waals surface area contributed by atoms with E-state index >= 15 is 0 Å². The number of nitrogens with zero attached hydrogens (tertiary/aromatic N) is 4. The average Bonchev–Trinajstić information content (AvgIpc) is 2.98. The number of anilines is 1. The number of carbonyl (C=O) groups excluding carboxylic acids is 1. The monoisotopic (exact) mass is 249 g/mol. The molecule has 8 nitrogen and oxygen atoms in total. The molecule has 0 radical (unpaired) electrons. The van der Waals surface area contributed by atoms with E-state index < -0.39 is 0 Å². The van der Waals surface area contributed by atoms with Crippen molar-refractivity contribution in [3.05, 3.63) is 23.7 Å². The van der Waals surface area contributed by atoms with Gasteiger partial charge in [0.25, 0.3) is 0 Å². The molecule has 0 bridgehead atoms. The molecule has 18 heavy (non-hydrogen) atoms. The summed E-state index contributed by atoms with van der Waals surface area (Å²) in [6, 6.07) is 1.80. The molecule has 0 saturated heterocycles. The standard InChI is InChI=1S/C10H15N7O/c1-2-7-3-9(15-13-7)12-10(18)6-17-5-8(4-11)14-16-17/h3,5H,2,4,6,11H2,1H3,(H2,12,13,15,18). The minimum atomic E-state index is -0.211. The summed E-state index contributed by atoms with van der Waals surface area (Å²) in [5.74, 6) is 0.300. The van der Waals surface area contributed by atoms with E-state index in [1.54, 1.807) is 12.3 Å². The van der Waals surface area contributed by atoms with Crippen LogP contribution in [0.15, 0.2) is 12.3 Å². The first-order valence-electron chi connectivity index (χ1n) is 5.64. The van der Waals surface area contributed by atoms with Crippen LogP contribution in [-0.4, -0.2) is 31.1 Å². The first-order chi connectivity index (χ1) is 8.71. The highest BCUT2D eigenvalue weighted by Crippen LogP contribution is 2.05. The lowest BCUT2D eigenvalue weighted by atomic mass is 10.3. The summed E-state index contributed by atoms with van der Waals surface area (Å²) >= 11 is 0. The zero-order chi connectivity index (χ0) is 13.0. The zero-order valence-corrected chi connectivity index (χ0v) is 10.1. The maximum Gasteiger partial charge on any atom is 0.247 e. The largest absolute Gasteiger partial charge is 0.325 e. The van der Waals surface area contributed by atoms with E-state index in [0.717, 1.165) is 12.1 Å². The van der Waals surface area contributed by atoms with Crippen molar-refractivity contribution in [2.45, 2.75) is 26.4 Å². The highest BCUT2D eigenvalue weighted by atomic mass is 16.2. The van der Waals surface area contributed by atoms with Crippen LogP contribution >= 0.6 is 0 Å². The normalized spacial score (nSPS) is 10.6. The quantitative estimate of drug-likeness (QED) is 0.670. The van der Waals surface area contributed by atoms with Gasteiger partial charge in [-0.25, -0.2) is 4.68 Å². The van der Waals surface area contributed by atoms with Crippen molar-refractivity contribution in [3.8, 4) is 0 Å². The Kier molecular flexibility index (Phi) is 3.68. The smallest absolute Gasteiger partial charge is 0.247 e. The van der Waals surface area contributed by atoms with Crippen LogP contribution in [0, 0.1) is 0 Å². The first kappa shape index (κ1) is 12.2. The van der Waals surface area contributed by atoms with Gasteiger partial charge in [-0.2, -0.15) is 5.10 Å². The summed E-state index contributed by atoms with van der Waals surface area (Å²) in [6.45, 7) is 2.39. The number of nitrogens with one attached hydrogen (secondary N) is 2. The number of hydrogen-bond donors (Lipinski definition) is 3. The molecule has 0 spiro atoms. The number of rotatable bonds is 5. The number of hydrogen-bond acceptors (Lipinski definition) is 5. The Morgan fingerprint density at radius 3 is 3.06 bits per heavy atom. The van der Waals surface area contributed by atoms with Gasteiger partial charge in [-0.05, 0) is 6.42 Å². The fourth-order valence-electron chi connectivity index (χ4n) is 1.45. The predicted octanol–water partition coefficient (Wildman–Crippen LogP) is -0.339. The molecule has 1 amide bonds. The van der Waals surface area contributed by atoms with Crippen molar-refractivity contribution < 1.29 is 4.79 Å². The lowest BCUT2D eigenvalue weighted by Gasteiger charge is -2.00. The summed E-state index contributed by atoms with van der Waals surface area (Å²) in [4.78, 5) is 11.7. The SMILES string of the molecule is CCc1cc(NC(=O)Cn2cc(CN)nn2)n[nH]1. The summed E-state index contributed by atoms with van der Waals surface area (Å²) in [7, 11) is 0. The van der Waals surface area contributed by atoms with E-state index in [2.05, 4.69) is 25.8 Å². The van der Waals surface area contributed by atoms with Crippen LogP contribution in [0.25, 0.3) is 0 Å². The van der Waals surface area contributed by atoms with E-state index in [1.807, 2.05) is 6.92 Å². The Labute approximate surface area is 104 Å². The molecule has 4 N–H and O–H groups in total. The number of H-pyrrole nitrogens is 1. The molecule has 96 valence electrons. The van der Waals surface area contributed by atoms with Crippen molar-refractivity contribution in [1.82, 2.24) is 25.2 Å². The molecule has 0 aliphatic carbocycles. The second-order valence-corrected chi connectivity index (χ2v) is 3.79. The van der Waals surface area contributed by atoms with Crippen LogP contribution in [0.4, 0.5) is 5.82 Å². The number of carbonyl (C=O) groups is 1. The Morgan fingerprint density at radius 1 is 1.61 bits per heavy atom. The van der Waals surface area contributed by atoms with Crippen molar-refractivity contribution in [3.63, 3.8) is 0 Å². The number of aromatic amines is 1. The average molecular weight is 249 g/mol. The third-order valence-electron chi connectivity index (χ3n) is 2.38. The van der Waals surface area contributed by atoms with Crippen molar-refractivity contribution in [2.24, 2.45) is 5.73 Å². The van der Waals surface area contributed by atoms with Gasteiger partial charge in [0.1, 0.15) is 6.54 Å². The molecule has 0 saturated carbocycles. The number of nitrogens with two attached hydrogens (primary N) is 1. The molecule has 0 fully saturated rings. The number of amides is 1. The topological polar surface area (TPSA) is 115 Å². The van der Waals surface area contributed by atoms with Gasteiger partial charge < -0.3 is 11.1 Å². The van der Waals surface area contributed by atoms with Crippen molar-refractivity contribution in [1.29, 1.82) is 0 Å². The van der Waals surface area contributed by atoms with Crippen LogP contribution in [-0.2, 0) is 24.3 Å². The van der Waals surface area contributed by atoms with Gasteiger partial charge in [-0.15, -0.1) is 5.10 Å². The summed E-state index contributed by atoms with van der Waals surface area (Å²) in [5.41, 5.74) is 7.02. The lowest BCUT2D eigenvalue weighted by molar-refractivity contribution is -0.116. The van der Waals surface area contributed by atoms with Gasteiger partial charge in [-0.3, -0.25) is 9.89 Å². The Morgan fingerprint density at radius 2 is 2.44 bits per heavy atom. The minimum absolute atomic E-state index is 0.0846. The predicted molar refractivity (Wildman–Crippen MR) is 64.5 cm³/mol. The molecule has 2 rings (SSSR count). The van der Waals surface area contributed by atoms with Gasteiger partial charge in [0.15, 0.2) is 5.82 Å². The second kappa shape index (κ2) is 5.41. The van der Waals surface area contributed by atoms with Crippen LogP contribution in [0.2, 0.25) is 0 Å². The van der Waals surface area contributed by atoms with Crippen LogP contribution in [0.3, 0.4) is 0 Å². The maximum absolute atomic E-state index is 11.7. The zero-order valence-electron chi connectivity index (χ0n) is 10.1. The summed E-state index contributed by atoms with van der Waals surface area (Å²) in [5, 5.41) is 17.0. The molecule has 8 heteroatoms. The Balaban J connectivity index is 1.92. The van der Waals surface area contributed by atoms with Crippen LogP contribution < -0.4 is 11.1 Å². The maximum atomic E-state index is 11.7. The molecule has 2 heterocycles. The van der Waals surface area contributed by atoms with Crippen molar-refractivity contribution in [2.75, 3.05) is 5.32 Å². The second-order valence-electron chi connectivity index (χ2n) is 3.79. The van der Waals surface area contributed by atoms with E-state index in [9.17, 15) is 4.79 Å². The number of aromatic nitrogens is 5.